The topological polar surface area (TPSA) is 109 Å². The van der Waals surface area contributed by atoms with Crippen molar-refractivity contribution < 1.29 is 14.2 Å². The monoisotopic (exact) mass is 528 g/mol. The Morgan fingerprint density at radius 2 is 2.03 bits per heavy atom. The minimum atomic E-state index is -0.598. The van der Waals surface area contributed by atoms with E-state index in [1.807, 2.05) is 18.6 Å². The molecule has 37 heavy (non-hydrogen) atoms. The van der Waals surface area contributed by atoms with E-state index in [-0.39, 0.29) is 45.3 Å². The third-order valence-corrected chi connectivity index (χ3v) is 8.79. The standard InChI is InChI=1S/C26H33FN6O3S/c1-4-36-15-31-10-9-26-20(13-31)16(2)33(26)32-12-19(23(34)24(35)21(32)14-30(26)3)25(29)37-22(28)11-17-5-7-18(27)8-6-17/h5-8,12,16,20,28-29,35H,4,9-11,13-15H2,1-3H3. The van der Waals surface area contributed by atoms with Crippen LogP contribution in [0.25, 0.3) is 0 Å². The largest absolute Gasteiger partial charge is 0.503 e. The smallest absolute Gasteiger partial charge is 0.233 e. The highest BCUT2D eigenvalue weighted by molar-refractivity contribution is 8.26. The Labute approximate surface area is 219 Å². The van der Waals surface area contributed by atoms with Crippen LogP contribution in [0.15, 0.2) is 35.3 Å². The van der Waals surface area contributed by atoms with E-state index in [2.05, 4.69) is 21.7 Å². The van der Waals surface area contributed by atoms with Crippen molar-refractivity contribution in [2.75, 3.05) is 38.5 Å². The Morgan fingerprint density at radius 1 is 1.30 bits per heavy atom. The molecule has 4 heterocycles. The van der Waals surface area contributed by atoms with Gasteiger partial charge in [-0.1, -0.05) is 23.9 Å². The highest BCUT2D eigenvalue weighted by Crippen LogP contribution is 2.51. The zero-order valence-electron chi connectivity index (χ0n) is 21.3. The number of hydrogen-bond acceptors (Lipinski definition) is 9. The summed E-state index contributed by atoms with van der Waals surface area (Å²) < 4.78 is 20.7. The van der Waals surface area contributed by atoms with Gasteiger partial charge in [0.25, 0.3) is 0 Å². The summed E-state index contributed by atoms with van der Waals surface area (Å²) in [4.78, 5) is 17.7. The van der Waals surface area contributed by atoms with E-state index >= 15 is 0 Å². The first kappa shape index (κ1) is 25.9. The Hall–Kier alpha value is -2.73. The molecule has 0 aliphatic carbocycles. The van der Waals surface area contributed by atoms with E-state index in [1.54, 1.807) is 18.3 Å². The van der Waals surface area contributed by atoms with Crippen molar-refractivity contribution in [3.8, 4) is 5.75 Å². The van der Waals surface area contributed by atoms with Gasteiger partial charge in [-0.05, 0) is 45.0 Å². The zero-order valence-corrected chi connectivity index (χ0v) is 22.1. The summed E-state index contributed by atoms with van der Waals surface area (Å²) in [6.45, 7) is 7.66. The number of halogens is 1. The molecule has 0 bridgehead atoms. The third-order valence-electron chi connectivity index (χ3n) is 7.98. The van der Waals surface area contributed by atoms with Gasteiger partial charge in [0.15, 0.2) is 5.75 Å². The lowest BCUT2D eigenvalue weighted by Crippen LogP contribution is -2.87. The van der Waals surface area contributed by atoms with Crippen LogP contribution in [-0.4, -0.2) is 74.8 Å². The Bertz CT molecular complexity index is 1280. The molecule has 11 heteroatoms. The van der Waals surface area contributed by atoms with Crippen LogP contribution in [0.3, 0.4) is 0 Å². The fourth-order valence-electron chi connectivity index (χ4n) is 6.15. The number of aromatic nitrogens is 1. The average Bonchev–Trinajstić information content (AvgIpc) is 2.87. The van der Waals surface area contributed by atoms with Gasteiger partial charge in [-0.15, -0.1) is 0 Å². The van der Waals surface area contributed by atoms with Crippen LogP contribution in [0.1, 0.15) is 37.1 Å². The van der Waals surface area contributed by atoms with Crippen LogP contribution in [0.2, 0.25) is 0 Å². The van der Waals surface area contributed by atoms with Gasteiger partial charge in [-0.3, -0.25) is 35.1 Å². The lowest BCUT2D eigenvalue weighted by molar-refractivity contribution is -0.144. The Kier molecular flexibility index (Phi) is 6.90. The minimum Gasteiger partial charge on any atom is -0.503 e. The molecule has 2 fully saturated rings. The number of fused-ring (bicyclic) bond motifs is 2. The van der Waals surface area contributed by atoms with Crippen molar-refractivity contribution in [1.82, 2.24) is 14.5 Å². The molecular weight excluding hydrogens is 495 g/mol. The van der Waals surface area contributed by atoms with Crippen LogP contribution >= 0.6 is 11.8 Å². The fraction of sp³-hybridized carbons (Fsp3) is 0.500. The second-order valence-electron chi connectivity index (χ2n) is 10.0. The van der Waals surface area contributed by atoms with Crippen molar-refractivity contribution in [3.63, 3.8) is 0 Å². The molecule has 9 nitrogen and oxygen atoms in total. The van der Waals surface area contributed by atoms with Gasteiger partial charge in [-0.25, -0.2) is 4.39 Å². The minimum absolute atomic E-state index is 0.0687. The van der Waals surface area contributed by atoms with Gasteiger partial charge in [0.05, 0.1) is 29.1 Å². The predicted molar refractivity (Wildman–Crippen MR) is 143 cm³/mol. The van der Waals surface area contributed by atoms with E-state index in [9.17, 15) is 14.3 Å². The number of piperidine rings is 1. The summed E-state index contributed by atoms with van der Waals surface area (Å²) in [5.41, 5.74) is 0.498. The highest BCUT2D eigenvalue weighted by Gasteiger charge is 2.64. The molecule has 3 unspecified atom stereocenters. The number of nitrogens with zero attached hydrogens (tertiary/aromatic N) is 4. The molecule has 0 radical (unpaired) electrons. The first-order valence-corrected chi connectivity index (χ1v) is 13.4. The van der Waals surface area contributed by atoms with Gasteiger partial charge in [0.2, 0.25) is 5.43 Å². The third kappa shape index (κ3) is 4.27. The maximum Gasteiger partial charge on any atom is 0.233 e. The van der Waals surface area contributed by atoms with E-state index in [0.29, 0.717) is 31.5 Å². The zero-order chi connectivity index (χ0) is 26.5. The number of ether oxygens (including phenoxy) is 1. The molecule has 3 N–H and O–H groups in total. The SMILES string of the molecule is CCOCN1CCC23C(C1)C(C)N2n1cc(C(=N)SC(=N)Cc2ccc(F)cc2)c(=O)c(O)c1CN3C. The van der Waals surface area contributed by atoms with Gasteiger partial charge >= 0.3 is 0 Å². The Balaban J connectivity index is 1.40. The number of rotatable bonds is 6. The summed E-state index contributed by atoms with van der Waals surface area (Å²) in [5, 5.41) is 30.2. The van der Waals surface area contributed by atoms with Crippen molar-refractivity contribution in [2.24, 2.45) is 5.92 Å². The van der Waals surface area contributed by atoms with Crippen molar-refractivity contribution in [3.05, 3.63) is 63.3 Å². The maximum absolute atomic E-state index is 13.2. The second-order valence-corrected chi connectivity index (χ2v) is 11.1. The number of benzene rings is 1. The van der Waals surface area contributed by atoms with Crippen LogP contribution in [-0.2, 0) is 17.7 Å². The predicted octanol–water partition coefficient (Wildman–Crippen LogP) is 2.77. The fourth-order valence-corrected chi connectivity index (χ4v) is 6.89. The number of likely N-dealkylation sites (tertiary alicyclic amines) is 1. The molecule has 3 aliphatic rings. The van der Waals surface area contributed by atoms with Gasteiger partial charge in [0, 0.05) is 44.8 Å². The molecule has 3 atom stereocenters. The molecule has 1 aromatic carbocycles. The summed E-state index contributed by atoms with van der Waals surface area (Å²) in [6, 6.07) is 6.03. The summed E-state index contributed by atoms with van der Waals surface area (Å²) in [7, 11) is 2.04. The molecule has 2 saturated heterocycles. The second kappa shape index (κ2) is 9.86. The van der Waals surface area contributed by atoms with Crippen LogP contribution in [0, 0.1) is 22.6 Å². The molecular formula is C26H33FN6O3S. The number of thioether (sulfide) groups is 1. The molecule has 5 rings (SSSR count). The lowest BCUT2D eigenvalue weighted by atomic mass is 9.70. The van der Waals surface area contributed by atoms with Crippen LogP contribution in [0.5, 0.6) is 5.75 Å². The van der Waals surface area contributed by atoms with Crippen molar-refractivity contribution in [2.45, 2.75) is 44.9 Å². The molecule has 198 valence electrons. The van der Waals surface area contributed by atoms with Crippen molar-refractivity contribution >= 4 is 21.8 Å². The maximum atomic E-state index is 13.2. The summed E-state index contributed by atoms with van der Waals surface area (Å²) in [6.07, 6.45) is 2.77. The molecule has 1 aromatic heterocycles. The lowest BCUT2D eigenvalue weighted by Gasteiger charge is -2.72. The molecule has 2 aromatic rings. The number of nitrogens with one attached hydrogen (secondary N) is 2. The van der Waals surface area contributed by atoms with Gasteiger partial charge in [-0.2, -0.15) is 0 Å². The number of aromatic hydroxyl groups is 1. The van der Waals surface area contributed by atoms with E-state index < -0.39 is 5.43 Å². The van der Waals surface area contributed by atoms with E-state index in [1.165, 1.54) is 12.1 Å². The highest BCUT2D eigenvalue weighted by atomic mass is 32.2. The summed E-state index contributed by atoms with van der Waals surface area (Å²) >= 11 is 0.875. The molecule has 0 amide bonds. The number of pyridine rings is 1. The molecule has 1 spiro atoms. The number of hydrogen-bond donors (Lipinski definition) is 3. The van der Waals surface area contributed by atoms with E-state index in [4.69, 9.17) is 15.6 Å². The first-order chi connectivity index (χ1) is 17.7. The average molecular weight is 529 g/mol. The van der Waals surface area contributed by atoms with Crippen molar-refractivity contribution in [1.29, 1.82) is 10.8 Å². The van der Waals surface area contributed by atoms with Crippen LogP contribution in [0.4, 0.5) is 4.39 Å². The quantitative estimate of drug-likeness (QED) is 0.391. The van der Waals surface area contributed by atoms with E-state index in [0.717, 1.165) is 36.8 Å². The Morgan fingerprint density at radius 3 is 2.73 bits per heavy atom. The summed E-state index contributed by atoms with van der Waals surface area (Å²) in [5.74, 6) is -0.333. The normalized spacial score (nSPS) is 25.1. The van der Waals surface area contributed by atoms with Gasteiger partial charge < -0.3 is 9.84 Å². The first-order valence-electron chi connectivity index (χ1n) is 12.5. The molecule has 0 saturated carbocycles. The molecule has 3 aliphatic heterocycles. The van der Waals surface area contributed by atoms with Crippen LogP contribution < -0.4 is 10.4 Å². The van der Waals surface area contributed by atoms with Gasteiger partial charge in [0.1, 0.15) is 16.5 Å².